The number of fused-ring (bicyclic) bond motifs is 3. The van der Waals surface area contributed by atoms with Crippen molar-refractivity contribution < 1.29 is 26.3 Å². The van der Waals surface area contributed by atoms with Gasteiger partial charge in [0.2, 0.25) is 0 Å². The topological polar surface area (TPSA) is 6.48 Å². The zero-order chi connectivity index (χ0) is 29.5. The van der Waals surface area contributed by atoms with Crippen LogP contribution < -0.4 is 0 Å². The lowest BCUT2D eigenvalue weighted by atomic mass is 9.94. The van der Waals surface area contributed by atoms with E-state index < -0.39 is 23.5 Å². The Morgan fingerprint density at radius 3 is 1.67 bits per heavy atom. The van der Waals surface area contributed by atoms with Crippen molar-refractivity contribution in [1.29, 1.82) is 0 Å². The first-order valence-corrected chi connectivity index (χ1v) is 13.9. The highest BCUT2D eigenvalue weighted by Gasteiger charge is 2.38. The molecule has 0 N–H and O–H groups in total. The van der Waals surface area contributed by atoms with Gasteiger partial charge < -0.3 is 0 Å². The first-order chi connectivity index (χ1) is 20.1. The minimum Gasteiger partial charge on any atom is -0.293 e. The molecule has 0 aromatic heterocycles. The fraction of sp³-hybridized carbons (Fsp3) is 0.265. The molecule has 1 unspecified atom stereocenters. The standard InChI is InChI=1S/C34H29F6N2/c35-33(36,37)25-20-23(21-26(22-25)34(38,39)40)14-15-31(24-8-2-1-3-9-24)41-16-18-42(19-17-41)32-29-12-6-4-10-27(29)28-11-5-7-13-30(28)32/h1-13,15,20-22,31-32H,14,16-19H2. The summed E-state index contributed by atoms with van der Waals surface area (Å²) in [6.07, 6.45) is -7.94. The third-order valence-electron chi connectivity index (χ3n) is 8.27. The van der Waals surface area contributed by atoms with Crippen molar-refractivity contribution in [3.8, 4) is 11.1 Å². The molecule has 1 saturated heterocycles. The van der Waals surface area contributed by atoms with E-state index in [1.54, 1.807) is 0 Å². The molecule has 217 valence electrons. The van der Waals surface area contributed by atoms with Gasteiger partial charge in [-0.1, -0.05) is 78.9 Å². The number of hydrogen-bond acceptors (Lipinski definition) is 2. The van der Waals surface area contributed by atoms with Crippen LogP contribution >= 0.6 is 0 Å². The maximum Gasteiger partial charge on any atom is 0.416 e. The van der Waals surface area contributed by atoms with E-state index in [1.807, 2.05) is 36.8 Å². The van der Waals surface area contributed by atoms with Crippen LogP contribution in [0.4, 0.5) is 26.3 Å². The van der Waals surface area contributed by atoms with Gasteiger partial charge in [0, 0.05) is 32.2 Å². The van der Waals surface area contributed by atoms with Crippen LogP contribution in [0.3, 0.4) is 0 Å². The summed E-state index contributed by atoms with van der Waals surface area (Å²) >= 11 is 0. The van der Waals surface area contributed by atoms with E-state index in [9.17, 15) is 26.3 Å². The van der Waals surface area contributed by atoms with Crippen molar-refractivity contribution in [3.63, 3.8) is 0 Å². The van der Waals surface area contributed by atoms with Gasteiger partial charge in [0.05, 0.1) is 17.2 Å². The van der Waals surface area contributed by atoms with Crippen LogP contribution in [0, 0.1) is 6.42 Å². The van der Waals surface area contributed by atoms with E-state index in [2.05, 4.69) is 58.3 Å². The van der Waals surface area contributed by atoms with Crippen molar-refractivity contribution in [2.75, 3.05) is 26.2 Å². The van der Waals surface area contributed by atoms with Crippen LogP contribution in [0.5, 0.6) is 0 Å². The van der Waals surface area contributed by atoms with E-state index in [0.29, 0.717) is 13.1 Å². The predicted molar refractivity (Wildman–Crippen MR) is 150 cm³/mol. The Morgan fingerprint density at radius 2 is 1.14 bits per heavy atom. The average Bonchev–Trinajstić information content (AvgIpc) is 3.32. The average molecular weight is 580 g/mol. The normalized spacial score (nSPS) is 17.2. The third kappa shape index (κ3) is 5.70. The van der Waals surface area contributed by atoms with Crippen LogP contribution in [0.15, 0.2) is 97.1 Å². The minimum absolute atomic E-state index is 0.0177. The van der Waals surface area contributed by atoms with Crippen LogP contribution in [-0.2, 0) is 18.8 Å². The number of piperazine rings is 1. The summed E-state index contributed by atoms with van der Waals surface area (Å²) in [4.78, 5) is 4.72. The van der Waals surface area contributed by atoms with Crippen LogP contribution in [0.1, 0.15) is 45.5 Å². The lowest BCUT2D eigenvalue weighted by Crippen LogP contribution is -2.48. The van der Waals surface area contributed by atoms with Gasteiger partial charge in [-0.2, -0.15) is 26.3 Å². The molecule has 2 nitrogen and oxygen atoms in total. The molecule has 0 bridgehead atoms. The molecule has 1 fully saturated rings. The highest BCUT2D eigenvalue weighted by atomic mass is 19.4. The first kappa shape index (κ1) is 28.5. The van der Waals surface area contributed by atoms with Crippen molar-refractivity contribution in [3.05, 3.63) is 137 Å². The molecule has 0 spiro atoms. The van der Waals surface area contributed by atoms with Crippen LogP contribution in [0.2, 0.25) is 0 Å². The molecule has 6 rings (SSSR count). The Balaban J connectivity index is 1.22. The lowest BCUT2D eigenvalue weighted by molar-refractivity contribution is -0.143. The summed E-state index contributed by atoms with van der Waals surface area (Å²) in [6, 6.07) is 28.2. The van der Waals surface area contributed by atoms with Gasteiger partial charge in [-0.05, 0) is 64.4 Å². The number of rotatable bonds is 6. The van der Waals surface area contributed by atoms with Gasteiger partial charge in [-0.25, -0.2) is 0 Å². The summed E-state index contributed by atoms with van der Waals surface area (Å²) < 4.78 is 80.7. The molecule has 1 aliphatic carbocycles. The molecule has 8 heteroatoms. The lowest BCUT2D eigenvalue weighted by Gasteiger charge is -2.42. The SMILES string of the molecule is FC(F)(F)c1cc(C[CH]C(c2ccccc2)N2CCN(C3c4ccccc4-c4ccccc43)CC2)cc(C(F)(F)F)c1. The highest BCUT2D eigenvalue weighted by molar-refractivity contribution is 5.78. The van der Waals surface area contributed by atoms with Gasteiger partial charge in [-0.3, -0.25) is 9.80 Å². The smallest absolute Gasteiger partial charge is 0.293 e. The summed E-state index contributed by atoms with van der Waals surface area (Å²) in [7, 11) is 0. The van der Waals surface area contributed by atoms with Gasteiger partial charge in [-0.15, -0.1) is 0 Å². The summed E-state index contributed by atoms with van der Waals surface area (Å²) in [6.45, 7) is 2.94. The van der Waals surface area contributed by atoms with Gasteiger partial charge in [0.25, 0.3) is 0 Å². The highest BCUT2D eigenvalue weighted by Crippen LogP contribution is 2.46. The molecular weight excluding hydrogens is 550 g/mol. The van der Waals surface area contributed by atoms with Crippen molar-refractivity contribution in [1.82, 2.24) is 9.80 Å². The molecule has 42 heavy (non-hydrogen) atoms. The Labute approximate surface area is 241 Å². The monoisotopic (exact) mass is 579 g/mol. The summed E-state index contributed by atoms with van der Waals surface area (Å²) in [5, 5.41) is 0. The van der Waals surface area contributed by atoms with Gasteiger partial charge in [0.15, 0.2) is 0 Å². The zero-order valence-corrected chi connectivity index (χ0v) is 22.7. The largest absolute Gasteiger partial charge is 0.416 e. The number of alkyl halides is 6. The fourth-order valence-electron chi connectivity index (χ4n) is 6.33. The van der Waals surface area contributed by atoms with E-state index in [-0.39, 0.29) is 30.1 Å². The molecule has 1 radical (unpaired) electrons. The quantitative estimate of drug-likeness (QED) is 0.211. The molecule has 4 aromatic rings. The second-order valence-corrected chi connectivity index (χ2v) is 10.9. The molecule has 1 aliphatic heterocycles. The van der Waals surface area contributed by atoms with Gasteiger partial charge in [0.1, 0.15) is 0 Å². The molecule has 0 saturated carbocycles. The van der Waals surface area contributed by atoms with E-state index in [4.69, 9.17) is 0 Å². The Morgan fingerprint density at radius 1 is 0.643 bits per heavy atom. The number of benzene rings is 4. The molecule has 4 aromatic carbocycles. The third-order valence-corrected chi connectivity index (χ3v) is 8.27. The molecule has 1 atom stereocenters. The second kappa shape index (κ2) is 11.2. The Kier molecular flexibility index (Phi) is 7.62. The molecular formula is C34H29F6N2. The number of hydrogen-bond donors (Lipinski definition) is 0. The molecule has 0 amide bonds. The Hall–Kier alpha value is -3.62. The summed E-state index contributed by atoms with van der Waals surface area (Å²) in [5.41, 5.74) is 3.41. The first-order valence-electron chi connectivity index (χ1n) is 13.9. The van der Waals surface area contributed by atoms with Crippen molar-refractivity contribution in [2.24, 2.45) is 0 Å². The Bertz CT molecular complexity index is 1460. The van der Waals surface area contributed by atoms with Crippen molar-refractivity contribution >= 4 is 0 Å². The molecule has 1 heterocycles. The zero-order valence-electron chi connectivity index (χ0n) is 22.7. The summed E-state index contributed by atoms with van der Waals surface area (Å²) in [5.74, 6) is 0. The number of halogens is 6. The fourth-order valence-corrected chi connectivity index (χ4v) is 6.33. The van der Waals surface area contributed by atoms with Crippen molar-refractivity contribution in [2.45, 2.75) is 30.9 Å². The maximum absolute atomic E-state index is 13.5. The van der Waals surface area contributed by atoms with E-state index >= 15 is 0 Å². The minimum atomic E-state index is -4.87. The maximum atomic E-state index is 13.5. The van der Waals surface area contributed by atoms with Crippen LogP contribution in [0.25, 0.3) is 11.1 Å². The molecule has 2 aliphatic rings. The van der Waals surface area contributed by atoms with E-state index in [0.717, 1.165) is 30.8 Å². The predicted octanol–water partition coefficient (Wildman–Crippen LogP) is 8.60. The van der Waals surface area contributed by atoms with Gasteiger partial charge >= 0.3 is 12.4 Å². The van der Waals surface area contributed by atoms with Crippen LogP contribution in [-0.4, -0.2) is 36.0 Å². The van der Waals surface area contributed by atoms with E-state index in [1.165, 1.54) is 22.3 Å². The number of nitrogens with zero attached hydrogens (tertiary/aromatic N) is 2. The second-order valence-electron chi connectivity index (χ2n) is 10.9.